The van der Waals surface area contributed by atoms with Crippen LogP contribution >= 0.6 is 23.6 Å². The van der Waals surface area contributed by atoms with E-state index in [1.807, 2.05) is 0 Å². The second-order valence-electron chi connectivity index (χ2n) is 6.55. The number of hydrogen-bond acceptors (Lipinski definition) is 6. The lowest BCUT2D eigenvalue weighted by molar-refractivity contribution is -0.387. The number of ether oxygens (including phenoxy) is 1. The summed E-state index contributed by atoms with van der Waals surface area (Å²) < 4.78 is 18.4. The van der Waals surface area contributed by atoms with Crippen LogP contribution in [0.5, 0.6) is 0 Å². The molecule has 1 aromatic heterocycles. The molecule has 0 bridgehead atoms. The smallest absolute Gasteiger partial charge is 0.341 e. The molecule has 0 fully saturated rings. The number of rotatable bonds is 4. The Morgan fingerprint density at radius 1 is 1.43 bits per heavy atom. The van der Waals surface area contributed by atoms with Gasteiger partial charge in [-0.1, -0.05) is 6.92 Å². The molecule has 1 aromatic carbocycles. The van der Waals surface area contributed by atoms with Crippen molar-refractivity contribution in [3.63, 3.8) is 0 Å². The zero-order chi connectivity index (χ0) is 20.4. The van der Waals surface area contributed by atoms with E-state index < -0.39 is 22.4 Å². The molecule has 10 heteroatoms. The molecule has 0 spiro atoms. The van der Waals surface area contributed by atoms with Gasteiger partial charge in [0.25, 0.3) is 0 Å². The zero-order valence-corrected chi connectivity index (χ0v) is 16.8. The van der Waals surface area contributed by atoms with Crippen LogP contribution in [0.25, 0.3) is 0 Å². The van der Waals surface area contributed by atoms with E-state index in [0.29, 0.717) is 16.5 Å². The minimum atomic E-state index is -0.928. The van der Waals surface area contributed by atoms with E-state index in [1.165, 1.54) is 24.5 Å². The maximum absolute atomic E-state index is 13.5. The van der Waals surface area contributed by atoms with Crippen LogP contribution in [-0.4, -0.2) is 23.1 Å². The van der Waals surface area contributed by atoms with Crippen LogP contribution in [0.4, 0.5) is 20.8 Å². The highest BCUT2D eigenvalue weighted by atomic mass is 32.1. The minimum absolute atomic E-state index is 0.137. The van der Waals surface area contributed by atoms with Crippen molar-refractivity contribution in [2.75, 3.05) is 17.7 Å². The maximum atomic E-state index is 13.5. The number of carbonyl (C=O) groups is 1. The average Bonchev–Trinajstić information content (AvgIpc) is 2.98. The van der Waals surface area contributed by atoms with E-state index in [4.69, 9.17) is 17.0 Å². The summed E-state index contributed by atoms with van der Waals surface area (Å²) in [7, 11) is 1.33. The number of benzene rings is 1. The number of esters is 1. The molecule has 28 heavy (non-hydrogen) atoms. The van der Waals surface area contributed by atoms with E-state index in [0.717, 1.165) is 41.8 Å². The van der Waals surface area contributed by atoms with Crippen molar-refractivity contribution in [3.8, 4) is 0 Å². The van der Waals surface area contributed by atoms with Crippen LogP contribution < -0.4 is 10.6 Å². The van der Waals surface area contributed by atoms with Gasteiger partial charge in [-0.3, -0.25) is 10.1 Å². The highest BCUT2D eigenvalue weighted by Gasteiger charge is 2.28. The van der Waals surface area contributed by atoms with E-state index in [1.54, 1.807) is 0 Å². The van der Waals surface area contributed by atoms with E-state index in [2.05, 4.69) is 17.6 Å². The van der Waals surface area contributed by atoms with Crippen molar-refractivity contribution in [1.82, 2.24) is 0 Å². The summed E-state index contributed by atoms with van der Waals surface area (Å²) in [6.07, 6.45) is 2.68. The molecule has 3 rings (SSSR count). The number of fused-ring (bicyclic) bond motifs is 1. The summed E-state index contributed by atoms with van der Waals surface area (Å²) in [6, 6.07) is 3.40. The van der Waals surface area contributed by atoms with Gasteiger partial charge in [0, 0.05) is 16.6 Å². The highest BCUT2D eigenvalue weighted by molar-refractivity contribution is 7.80. The third-order valence-corrected chi connectivity index (χ3v) is 5.90. The van der Waals surface area contributed by atoms with Gasteiger partial charge in [0.15, 0.2) is 5.11 Å². The Morgan fingerprint density at radius 3 is 2.86 bits per heavy atom. The highest BCUT2D eigenvalue weighted by Crippen LogP contribution is 2.40. The molecule has 148 valence electrons. The van der Waals surface area contributed by atoms with Crippen molar-refractivity contribution in [1.29, 1.82) is 0 Å². The lowest BCUT2D eigenvalue weighted by atomic mass is 9.88. The number of anilines is 2. The summed E-state index contributed by atoms with van der Waals surface area (Å²) in [6.45, 7) is 2.17. The van der Waals surface area contributed by atoms with Gasteiger partial charge in [0.05, 0.1) is 17.6 Å². The number of nitrogens with zero attached hydrogens (tertiary/aromatic N) is 1. The molecule has 1 heterocycles. The Morgan fingerprint density at radius 2 is 2.18 bits per heavy atom. The van der Waals surface area contributed by atoms with Crippen LogP contribution in [0.15, 0.2) is 18.2 Å². The van der Waals surface area contributed by atoms with Crippen LogP contribution in [0.2, 0.25) is 0 Å². The fourth-order valence-corrected chi connectivity index (χ4v) is 4.84. The van der Waals surface area contributed by atoms with Crippen LogP contribution in [0.1, 0.15) is 34.1 Å². The van der Waals surface area contributed by atoms with Gasteiger partial charge in [-0.05, 0) is 55.1 Å². The Bertz CT molecular complexity index is 961. The van der Waals surface area contributed by atoms with Gasteiger partial charge in [-0.25, -0.2) is 4.79 Å². The molecule has 0 aliphatic heterocycles. The number of methoxy groups -OCH3 is 1. The maximum Gasteiger partial charge on any atom is 0.341 e. The SMILES string of the molecule is COC(=O)c1c(NC(=S)Nc2ccc(F)c([N+](=O)[O-])c2)sc2c1CCC(C)C2. The van der Waals surface area contributed by atoms with Gasteiger partial charge in [0.2, 0.25) is 5.82 Å². The molecule has 2 aromatic rings. The quantitative estimate of drug-likeness (QED) is 0.323. The Labute approximate surface area is 170 Å². The van der Waals surface area contributed by atoms with Gasteiger partial charge in [0.1, 0.15) is 5.00 Å². The monoisotopic (exact) mass is 423 g/mol. The van der Waals surface area contributed by atoms with E-state index >= 15 is 0 Å². The second kappa shape index (κ2) is 8.19. The Kier molecular flexibility index (Phi) is 5.90. The fourth-order valence-electron chi connectivity index (χ4n) is 3.15. The molecule has 0 saturated heterocycles. The summed E-state index contributed by atoms with van der Waals surface area (Å²) in [4.78, 5) is 23.5. The van der Waals surface area contributed by atoms with Crippen LogP contribution in [-0.2, 0) is 17.6 Å². The van der Waals surface area contributed by atoms with E-state index in [9.17, 15) is 19.3 Å². The third-order valence-electron chi connectivity index (χ3n) is 4.53. The van der Waals surface area contributed by atoms with Crippen molar-refractivity contribution < 1.29 is 18.8 Å². The number of halogens is 1. The first-order valence-corrected chi connectivity index (χ1v) is 9.77. The summed E-state index contributed by atoms with van der Waals surface area (Å²) in [5, 5.41) is 17.4. The number of carbonyl (C=O) groups excluding carboxylic acids is 1. The lowest BCUT2D eigenvalue weighted by Gasteiger charge is -2.18. The number of hydrogen-bond donors (Lipinski definition) is 2. The first kappa shape index (κ1) is 20.2. The van der Waals surface area contributed by atoms with Crippen LogP contribution in [0, 0.1) is 21.8 Å². The Hall–Kier alpha value is -2.59. The van der Waals surface area contributed by atoms with Crippen molar-refractivity contribution >= 4 is 51.0 Å². The van der Waals surface area contributed by atoms with Crippen molar-refractivity contribution in [3.05, 3.63) is 50.1 Å². The number of nitro groups is 1. The van der Waals surface area contributed by atoms with Gasteiger partial charge in [-0.2, -0.15) is 4.39 Å². The molecule has 0 saturated carbocycles. The minimum Gasteiger partial charge on any atom is -0.465 e. The number of nitrogens with one attached hydrogen (secondary N) is 2. The predicted molar refractivity (Wildman–Crippen MR) is 110 cm³/mol. The molecular formula is C18H18FN3O4S2. The van der Waals surface area contributed by atoms with E-state index in [-0.39, 0.29) is 10.8 Å². The third kappa shape index (κ3) is 4.12. The predicted octanol–water partition coefficient (Wildman–Crippen LogP) is 4.52. The summed E-state index contributed by atoms with van der Waals surface area (Å²) >= 11 is 6.73. The molecule has 2 N–H and O–H groups in total. The standard InChI is InChI=1S/C18H18FN3O4S2/c1-9-3-5-11-14(7-9)28-16(15(11)17(23)26-2)21-18(27)20-10-4-6-12(19)13(8-10)22(24)25/h4,6,8-9H,3,5,7H2,1-2H3,(H2,20,21,27). The fraction of sp³-hybridized carbons (Fsp3) is 0.333. The van der Waals surface area contributed by atoms with Gasteiger partial charge >= 0.3 is 11.7 Å². The van der Waals surface area contributed by atoms with Crippen molar-refractivity contribution in [2.45, 2.75) is 26.2 Å². The molecule has 1 atom stereocenters. The molecule has 0 amide bonds. The lowest BCUT2D eigenvalue weighted by Crippen LogP contribution is -2.20. The first-order chi connectivity index (χ1) is 13.3. The van der Waals surface area contributed by atoms with Crippen LogP contribution in [0.3, 0.4) is 0 Å². The largest absolute Gasteiger partial charge is 0.465 e. The number of nitro benzene ring substituents is 1. The molecular weight excluding hydrogens is 405 g/mol. The topological polar surface area (TPSA) is 93.5 Å². The van der Waals surface area contributed by atoms with Crippen molar-refractivity contribution in [2.24, 2.45) is 5.92 Å². The Balaban J connectivity index is 1.83. The number of thiophene rings is 1. The van der Waals surface area contributed by atoms with Gasteiger partial charge < -0.3 is 15.4 Å². The normalized spacial score (nSPS) is 15.5. The number of thiocarbonyl (C=S) groups is 1. The molecule has 1 aliphatic carbocycles. The second-order valence-corrected chi connectivity index (χ2v) is 8.06. The first-order valence-electron chi connectivity index (χ1n) is 8.55. The summed E-state index contributed by atoms with van der Waals surface area (Å²) in [5.41, 5.74) is 1.07. The molecule has 1 aliphatic rings. The van der Waals surface area contributed by atoms with Gasteiger partial charge in [-0.15, -0.1) is 11.3 Å². The molecule has 1 unspecified atom stereocenters. The average molecular weight is 423 g/mol. The summed E-state index contributed by atoms with van der Waals surface area (Å²) in [5.74, 6) is -0.827. The molecule has 0 radical (unpaired) electrons. The molecule has 7 nitrogen and oxygen atoms in total. The zero-order valence-electron chi connectivity index (χ0n) is 15.2.